The van der Waals surface area contributed by atoms with Gasteiger partial charge in [0.1, 0.15) is 6.61 Å². The minimum Gasteiger partial charge on any atom is -0.477 e. The lowest BCUT2D eigenvalue weighted by atomic mass is 10.1. The van der Waals surface area contributed by atoms with Gasteiger partial charge in [-0.3, -0.25) is 9.59 Å². The van der Waals surface area contributed by atoms with E-state index in [-0.39, 0.29) is 36.2 Å². The second-order valence-corrected chi connectivity index (χ2v) is 14.9. The van der Waals surface area contributed by atoms with Crippen LogP contribution in [0.4, 0.5) is 0 Å². The Morgan fingerprint density at radius 1 is 0.566 bits per heavy atom. The molecular weight excluding hydrogens is 666 g/mol. The summed E-state index contributed by atoms with van der Waals surface area (Å²) in [6, 6.07) is -0.620. The standard InChI is InChI=1S/C45H77NO7/c1-6-8-10-12-14-16-17-18-19-20-21-22-23-24-25-26-27-28-30-31-33-35-43(47)52-40-41(39-51-38-37-42(45(49)50)46(3,4)5)53-44(48)36-34-32-29-15-13-11-9-7-2/h14,16,18-19,21-22,24-25,27-28,41-42H,6-13,15,17,20,23,26,29-40H2,1-5H3/p+1/b16-14+,19-18+,22-21+,25-24+,28-27+. The summed E-state index contributed by atoms with van der Waals surface area (Å²) in [5.74, 6) is -1.53. The second kappa shape index (κ2) is 36.0. The summed E-state index contributed by atoms with van der Waals surface area (Å²) in [6.45, 7) is 4.61. The van der Waals surface area contributed by atoms with E-state index >= 15 is 0 Å². The Kier molecular flexibility index (Phi) is 34.0. The van der Waals surface area contributed by atoms with E-state index in [1.54, 1.807) is 0 Å². The number of carbonyl (C=O) groups is 3. The van der Waals surface area contributed by atoms with Crippen LogP contribution in [0.2, 0.25) is 0 Å². The van der Waals surface area contributed by atoms with Crippen molar-refractivity contribution in [3.63, 3.8) is 0 Å². The van der Waals surface area contributed by atoms with Crippen LogP contribution in [0.3, 0.4) is 0 Å². The Morgan fingerprint density at radius 3 is 1.51 bits per heavy atom. The molecule has 0 aromatic rings. The van der Waals surface area contributed by atoms with Crippen LogP contribution in [0.15, 0.2) is 60.8 Å². The first-order chi connectivity index (χ1) is 25.6. The van der Waals surface area contributed by atoms with Gasteiger partial charge in [-0.25, -0.2) is 4.79 Å². The zero-order valence-electron chi connectivity index (χ0n) is 34.4. The van der Waals surface area contributed by atoms with Crippen LogP contribution in [-0.2, 0) is 28.6 Å². The van der Waals surface area contributed by atoms with E-state index in [4.69, 9.17) is 14.2 Å². The fourth-order valence-electron chi connectivity index (χ4n) is 5.64. The molecule has 0 bridgehead atoms. The number of carboxylic acids is 1. The zero-order chi connectivity index (χ0) is 39.3. The van der Waals surface area contributed by atoms with Gasteiger partial charge in [0.25, 0.3) is 0 Å². The quantitative estimate of drug-likeness (QED) is 0.0295. The lowest BCUT2D eigenvalue weighted by Crippen LogP contribution is -2.50. The summed E-state index contributed by atoms with van der Waals surface area (Å²) in [7, 11) is 5.50. The molecule has 0 radical (unpaired) electrons. The summed E-state index contributed by atoms with van der Waals surface area (Å²) in [5.41, 5.74) is 0. The summed E-state index contributed by atoms with van der Waals surface area (Å²) in [6.07, 6.45) is 42.8. The number of quaternary nitrogens is 1. The smallest absolute Gasteiger partial charge is 0.362 e. The molecule has 0 saturated heterocycles. The first-order valence-corrected chi connectivity index (χ1v) is 20.8. The molecule has 0 saturated carbocycles. The molecule has 2 atom stereocenters. The van der Waals surface area contributed by atoms with Gasteiger partial charge < -0.3 is 23.8 Å². The third-order valence-electron chi connectivity index (χ3n) is 8.92. The highest BCUT2D eigenvalue weighted by atomic mass is 16.6. The average Bonchev–Trinajstić information content (AvgIpc) is 3.11. The Labute approximate surface area is 324 Å². The van der Waals surface area contributed by atoms with Crippen LogP contribution in [0.5, 0.6) is 0 Å². The van der Waals surface area contributed by atoms with E-state index in [2.05, 4.69) is 74.6 Å². The van der Waals surface area contributed by atoms with Gasteiger partial charge in [-0.1, -0.05) is 132 Å². The maximum atomic E-state index is 12.6. The number of carbonyl (C=O) groups excluding carboxylic acids is 2. The second-order valence-electron chi connectivity index (χ2n) is 14.9. The van der Waals surface area contributed by atoms with E-state index in [1.165, 1.54) is 57.8 Å². The molecule has 0 spiro atoms. The molecule has 8 nitrogen and oxygen atoms in total. The predicted molar refractivity (Wildman–Crippen MR) is 220 cm³/mol. The van der Waals surface area contributed by atoms with Crippen molar-refractivity contribution in [2.45, 2.75) is 167 Å². The van der Waals surface area contributed by atoms with Crippen LogP contribution in [-0.4, -0.2) is 80.6 Å². The van der Waals surface area contributed by atoms with Gasteiger partial charge >= 0.3 is 17.9 Å². The van der Waals surface area contributed by atoms with E-state index in [1.807, 2.05) is 21.1 Å². The molecule has 0 amide bonds. The number of unbranched alkanes of at least 4 members (excludes halogenated alkanes) is 12. The molecule has 0 rings (SSSR count). The molecule has 2 unspecified atom stereocenters. The Hall–Kier alpha value is -2.97. The molecule has 0 fully saturated rings. The highest BCUT2D eigenvalue weighted by Gasteiger charge is 2.31. The largest absolute Gasteiger partial charge is 0.477 e. The molecule has 0 aromatic carbocycles. The molecular formula is C45H78NO7+. The average molecular weight is 745 g/mol. The van der Waals surface area contributed by atoms with Crippen LogP contribution in [0.1, 0.15) is 155 Å². The van der Waals surface area contributed by atoms with Gasteiger partial charge in [0.05, 0.1) is 34.4 Å². The van der Waals surface area contributed by atoms with Crippen LogP contribution < -0.4 is 0 Å². The van der Waals surface area contributed by atoms with Gasteiger partial charge in [0.15, 0.2) is 12.1 Å². The Balaban J connectivity index is 4.37. The van der Waals surface area contributed by atoms with Gasteiger partial charge in [-0.15, -0.1) is 0 Å². The summed E-state index contributed by atoms with van der Waals surface area (Å²) >= 11 is 0. The first-order valence-electron chi connectivity index (χ1n) is 20.8. The number of hydrogen-bond donors (Lipinski definition) is 1. The number of aliphatic carboxylic acids is 1. The summed E-state index contributed by atoms with van der Waals surface area (Å²) in [5, 5.41) is 9.58. The third kappa shape index (κ3) is 34.5. The van der Waals surface area contributed by atoms with E-state index in [0.29, 0.717) is 25.7 Å². The Morgan fingerprint density at radius 2 is 1.00 bits per heavy atom. The lowest BCUT2D eigenvalue weighted by molar-refractivity contribution is -0.887. The molecule has 0 heterocycles. The zero-order valence-corrected chi connectivity index (χ0v) is 34.4. The SMILES string of the molecule is CCCCC/C=C/C/C=C/C/C=C/C/C=C/C/C=C/CCCCC(=O)OCC(COCCC(C(=O)O)[N+](C)(C)C)OC(=O)CCCCCCCCCC. The van der Waals surface area contributed by atoms with Gasteiger partial charge in [-0.05, 0) is 64.2 Å². The molecule has 304 valence electrons. The Bertz CT molecular complexity index is 1050. The van der Waals surface area contributed by atoms with Crippen molar-refractivity contribution in [1.29, 1.82) is 0 Å². The highest BCUT2D eigenvalue weighted by Crippen LogP contribution is 2.12. The molecule has 0 aliphatic carbocycles. The summed E-state index contributed by atoms with van der Waals surface area (Å²) in [4.78, 5) is 36.7. The van der Waals surface area contributed by atoms with Gasteiger partial charge in [-0.2, -0.15) is 0 Å². The maximum Gasteiger partial charge on any atom is 0.362 e. The summed E-state index contributed by atoms with van der Waals surface area (Å²) < 4.78 is 17.1. The first kappa shape index (κ1) is 50.0. The highest BCUT2D eigenvalue weighted by molar-refractivity contribution is 5.72. The van der Waals surface area contributed by atoms with Crippen molar-refractivity contribution >= 4 is 17.9 Å². The number of allylic oxidation sites excluding steroid dienone is 10. The number of nitrogens with zero attached hydrogens (tertiary/aromatic N) is 1. The number of carboxylic acid groups (broad SMARTS) is 1. The molecule has 8 heteroatoms. The maximum absolute atomic E-state index is 12.6. The minimum absolute atomic E-state index is 0.0458. The van der Waals surface area contributed by atoms with Gasteiger partial charge in [0.2, 0.25) is 0 Å². The number of hydrogen-bond acceptors (Lipinski definition) is 6. The molecule has 0 aliphatic heterocycles. The molecule has 0 aliphatic rings. The van der Waals surface area contributed by atoms with E-state index < -0.39 is 18.1 Å². The van der Waals surface area contributed by atoms with E-state index in [9.17, 15) is 19.5 Å². The lowest BCUT2D eigenvalue weighted by Gasteiger charge is -2.31. The van der Waals surface area contributed by atoms with Crippen molar-refractivity contribution in [2.75, 3.05) is 41.0 Å². The number of esters is 2. The van der Waals surface area contributed by atoms with Crippen molar-refractivity contribution in [1.82, 2.24) is 0 Å². The normalized spacial score (nSPS) is 13.6. The van der Waals surface area contributed by atoms with Crippen molar-refractivity contribution in [2.24, 2.45) is 0 Å². The molecule has 1 N–H and O–H groups in total. The third-order valence-corrected chi connectivity index (χ3v) is 8.92. The fourth-order valence-corrected chi connectivity index (χ4v) is 5.64. The van der Waals surface area contributed by atoms with Gasteiger partial charge in [0, 0.05) is 19.3 Å². The molecule has 0 aromatic heterocycles. The van der Waals surface area contributed by atoms with Crippen molar-refractivity contribution in [3.05, 3.63) is 60.8 Å². The van der Waals surface area contributed by atoms with E-state index in [0.717, 1.165) is 57.8 Å². The number of rotatable bonds is 36. The monoisotopic (exact) mass is 745 g/mol. The topological polar surface area (TPSA) is 99.1 Å². The minimum atomic E-state index is -0.884. The van der Waals surface area contributed by atoms with Crippen LogP contribution >= 0.6 is 0 Å². The molecule has 53 heavy (non-hydrogen) atoms. The number of likely N-dealkylation sites (N-methyl/N-ethyl adjacent to an activating group) is 1. The van der Waals surface area contributed by atoms with Crippen molar-refractivity contribution in [3.8, 4) is 0 Å². The fraction of sp³-hybridized carbons (Fsp3) is 0.711. The van der Waals surface area contributed by atoms with Crippen molar-refractivity contribution < 1.29 is 38.2 Å². The predicted octanol–water partition coefficient (Wildman–Crippen LogP) is 11.0. The van der Waals surface area contributed by atoms with Crippen LogP contribution in [0, 0.1) is 0 Å². The number of ether oxygens (including phenoxy) is 3. The van der Waals surface area contributed by atoms with Crippen LogP contribution in [0.25, 0.3) is 0 Å².